The molecule has 0 fully saturated rings. The van der Waals surface area contributed by atoms with Crippen LogP contribution >= 0.6 is 0 Å². The van der Waals surface area contributed by atoms with Crippen LogP contribution in [0.2, 0.25) is 0 Å². The Morgan fingerprint density at radius 3 is 2.33 bits per heavy atom. The molecule has 0 aliphatic rings. The Balaban J connectivity index is 2.07. The third kappa shape index (κ3) is 5.72. The number of benzene rings is 2. The van der Waals surface area contributed by atoms with Gasteiger partial charge in [0.2, 0.25) is 11.8 Å². The molecule has 0 saturated heterocycles. The van der Waals surface area contributed by atoms with Gasteiger partial charge in [0.05, 0.1) is 0 Å². The minimum Gasteiger partial charge on any atom is -0.370 e. The molecular formula is C20H22N2O2. The molecule has 2 N–H and O–H groups in total. The fourth-order valence-corrected chi connectivity index (χ4v) is 2.27. The number of carbonyl (C=O) groups excluding carboxylic acids is 2. The van der Waals surface area contributed by atoms with E-state index in [4.69, 9.17) is 5.73 Å². The highest BCUT2D eigenvalue weighted by molar-refractivity contribution is 5.92. The van der Waals surface area contributed by atoms with Crippen molar-refractivity contribution in [3.63, 3.8) is 0 Å². The summed E-state index contributed by atoms with van der Waals surface area (Å²) in [6.45, 7) is 2.77. The summed E-state index contributed by atoms with van der Waals surface area (Å²) in [5, 5.41) is 0. The molecule has 0 unspecified atom stereocenters. The second-order valence-corrected chi connectivity index (χ2v) is 5.71. The Morgan fingerprint density at radius 1 is 1.04 bits per heavy atom. The number of rotatable bonds is 7. The van der Waals surface area contributed by atoms with Crippen molar-refractivity contribution in [2.45, 2.75) is 19.9 Å². The number of hydrogen-bond acceptors (Lipinski definition) is 2. The smallest absolute Gasteiger partial charge is 0.246 e. The molecular weight excluding hydrogens is 300 g/mol. The number of aryl methyl sites for hydroxylation is 1. The summed E-state index contributed by atoms with van der Waals surface area (Å²) in [4.78, 5) is 25.2. The number of amides is 2. The summed E-state index contributed by atoms with van der Waals surface area (Å²) >= 11 is 0. The highest BCUT2D eigenvalue weighted by atomic mass is 16.2. The van der Waals surface area contributed by atoms with Crippen LogP contribution in [0.3, 0.4) is 0 Å². The highest BCUT2D eigenvalue weighted by Gasteiger charge is 2.12. The number of primary amides is 1. The molecule has 0 atom stereocenters. The second-order valence-electron chi connectivity index (χ2n) is 5.71. The molecule has 124 valence electrons. The number of nitrogens with two attached hydrogens (primary N) is 1. The van der Waals surface area contributed by atoms with Crippen LogP contribution in [0.5, 0.6) is 0 Å². The van der Waals surface area contributed by atoms with E-state index in [9.17, 15) is 9.59 Å². The summed E-state index contributed by atoms with van der Waals surface area (Å²) in [6, 6.07) is 17.6. The van der Waals surface area contributed by atoms with E-state index < -0.39 is 5.91 Å². The molecule has 2 aromatic rings. The molecule has 2 aromatic carbocycles. The first-order valence-electron chi connectivity index (χ1n) is 7.90. The van der Waals surface area contributed by atoms with E-state index in [1.54, 1.807) is 11.0 Å². The minimum atomic E-state index is -0.414. The molecule has 0 aromatic heterocycles. The normalized spacial score (nSPS) is 10.7. The average molecular weight is 322 g/mol. The molecule has 0 spiro atoms. The van der Waals surface area contributed by atoms with Gasteiger partial charge in [-0.1, -0.05) is 60.2 Å². The molecule has 0 heterocycles. The van der Waals surface area contributed by atoms with Crippen molar-refractivity contribution in [1.29, 1.82) is 0 Å². The highest BCUT2D eigenvalue weighted by Crippen LogP contribution is 2.09. The van der Waals surface area contributed by atoms with Gasteiger partial charge in [0, 0.05) is 25.6 Å². The third-order valence-corrected chi connectivity index (χ3v) is 3.65. The summed E-state index contributed by atoms with van der Waals surface area (Å²) < 4.78 is 0. The van der Waals surface area contributed by atoms with Gasteiger partial charge < -0.3 is 10.6 Å². The quantitative estimate of drug-likeness (QED) is 0.797. The largest absolute Gasteiger partial charge is 0.370 e. The maximum Gasteiger partial charge on any atom is 0.246 e. The molecule has 24 heavy (non-hydrogen) atoms. The zero-order valence-corrected chi connectivity index (χ0v) is 13.8. The first kappa shape index (κ1) is 17.5. The lowest BCUT2D eigenvalue weighted by Crippen LogP contribution is -2.32. The van der Waals surface area contributed by atoms with E-state index in [1.165, 1.54) is 11.6 Å². The van der Waals surface area contributed by atoms with Crippen LogP contribution in [0.25, 0.3) is 6.08 Å². The fourth-order valence-electron chi connectivity index (χ4n) is 2.27. The van der Waals surface area contributed by atoms with Crippen LogP contribution in [0, 0.1) is 6.92 Å². The number of carbonyl (C=O) groups is 2. The average Bonchev–Trinajstić information content (AvgIpc) is 2.58. The van der Waals surface area contributed by atoms with E-state index in [2.05, 4.69) is 0 Å². The zero-order valence-electron chi connectivity index (χ0n) is 13.8. The third-order valence-electron chi connectivity index (χ3n) is 3.65. The van der Waals surface area contributed by atoms with E-state index in [0.29, 0.717) is 13.1 Å². The van der Waals surface area contributed by atoms with Crippen molar-refractivity contribution in [1.82, 2.24) is 4.90 Å². The minimum absolute atomic E-state index is 0.138. The van der Waals surface area contributed by atoms with Crippen LogP contribution < -0.4 is 5.73 Å². The van der Waals surface area contributed by atoms with E-state index in [0.717, 1.165) is 11.1 Å². The maximum absolute atomic E-state index is 12.5. The van der Waals surface area contributed by atoms with Crippen molar-refractivity contribution >= 4 is 17.9 Å². The molecule has 0 saturated carbocycles. The molecule has 0 radical (unpaired) electrons. The predicted molar refractivity (Wildman–Crippen MR) is 95.9 cm³/mol. The second kappa shape index (κ2) is 8.67. The lowest BCUT2D eigenvalue weighted by Gasteiger charge is -2.20. The van der Waals surface area contributed by atoms with Gasteiger partial charge in [-0.3, -0.25) is 9.59 Å². The van der Waals surface area contributed by atoms with Crippen LogP contribution in [-0.2, 0) is 16.1 Å². The first-order chi connectivity index (χ1) is 11.5. The Hall–Kier alpha value is -2.88. The van der Waals surface area contributed by atoms with Crippen LogP contribution in [0.4, 0.5) is 0 Å². The van der Waals surface area contributed by atoms with Crippen molar-refractivity contribution in [2.75, 3.05) is 6.54 Å². The standard InChI is InChI=1S/C20H22N2O2/c1-16-7-9-17(10-8-16)11-12-20(24)22(14-13-19(21)23)15-18-5-3-2-4-6-18/h2-12H,13-15H2,1H3,(H2,21,23)/b12-11+. The van der Waals surface area contributed by atoms with Gasteiger partial charge in [-0.2, -0.15) is 0 Å². The monoisotopic (exact) mass is 322 g/mol. The zero-order chi connectivity index (χ0) is 17.4. The topological polar surface area (TPSA) is 63.4 Å². The van der Waals surface area contributed by atoms with Crippen molar-refractivity contribution in [3.05, 3.63) is 77.4 Å². The number of hydrogen-bond donors (Lipinski definition) is 1. The van der Waals surface area contributed by atoms with Crippen LogP contribution in [-0.4, -0.2) is 23.3 Å². The molecule has 2 amide bonds. The lowest BCUT2D eigenvalue weighted by molar-refractivity contribution is -0.127. The maximum atomic E-state index is 12.5. The van der Waals surface area contributed by atoms with Crippen LogP contribution in [0.15, 0.2) is 60.7 Å². The Labute approximate surface area is 142 Å². The van der Waals surface area contributed by atoms with Gasteiger partial charge in [-0.25, -0.2) is 0 Å². The summed E-state index contributed by atoms with van der Waals surface area (Å²) in [5.41, 5.74) is 8.37. The number of nitrogens with zero attached hydrogens (tertiary/aromatic N) is 1. The van der Waals surface area contributed by atoms with Crippen LogP contribution in [0.1, 0.15) is 23.1 Å². The van der Waals surface area contributed by atoms with Gasteiger partial charge >= 0.3 is 0 Å². The SMILES string of the molecule is Cc1ccc(/C=C/C(=O)N(CCC(N)=O)Cc2ccccc2)cc1. The van der Waals surface area contributed by atoms with Crippen molar-refractivity contribution < 1.29 is 9.59 Å². The van der Waals surface area contributed by atoms with E-state index in [1.807, 2.05) is 61.5 Å². The summed E-state index contributed by atoms with van der Waals surface area (Å²) in [6.07, 6.45) is 3.47. The predicted octanol–water partition coefficient (Wildman–Crippen LogP) is 2.91. The molecule has 2 rings (SSSR count). The van der Waals surface area contributed by atoms with E-state index in [-0.39, 0.29) is 12.3 Å². The van der Waals surface area contributed by atoms with Crippen molar-refractivity contribution in [3.8, 4) is 0 Å². The fraction of sp³-hybridized carbons (Fsp3) is 0.200. The molecule has 0 bridgehead atoms. The Kier molecular flexibility index (Phi) is 6.32. The van der Waals surface area contributed by atoms with Gasteiger partial charge in [-0.15, -0.1) is 0 Å². The van der Waals surface area contributed by atoms with E-state index >= 15 is 0 Å². The van der Waals surface area contributed by atoms with Crippen molar-refractivity contribution in [2.24, 2.45) is 5.73 Å². The molecule has 4 nitrogen and oxygen atoms in total. The summed E-state index contributed by atoms with van der Waals surface area (Å²) in [7, 11) is 0. The van der Waals surface area contributed by atoms with Gasteiger partial charge in [0.1, 0.15) is 0 Å². The van der Waals surface area contributed by atoms with Gasteiger partial charge in [0.25, 0.3) is 0 Å². The molecule has 0 aliphatic heterocycles. The van der Waals surface area contributed by atoms with Gasteiger partial charge in [0.15, 0.2) is 0 Å². The van der Waals surface area contributed by atoms with Gasteiger partial charge in [-0.05, 0) is 24.1 Å². The molecule has 0 aliphatic carbocycles. The Bertz CT molecular complexity index is 706. The lowest BCUT2D eigenvalue weighted by atomic mass is 10.1. The molecule has 4 heteroatoms. The summed E-state index contributed by atoms with van der Waals surface area (Å²) in [5.74, 6) is -0.552. The first-order valence-corrected chi connectivity index (χ1v) is 7.90. The Morgan fingerprint density at radius 2 is 1.71 bits per heavy atom.